The van der Waals surface area contributed by atoms with E-state index in [1.54, 1.807) is 4.90 Å². The third kappa shape index (κ3) is 6.24. The average Bonchev–Trinajstić information content (AvgIpc) is 2.74. The van der Waals surface area contributed by atoms with Crippen LogP contribution in [-0.4, -0.2) is 49.1 Å². The quantitative estimate of drug-likeness (QED) is 0.782. The number of rotatable bonds is 7. The molecule has 0 bridgehead atoms. The van der Waals surface area contributed by atoms with Crippen molar-refractivity contribution in [3.05, 3.63) is 59.7 Å². The molecule has 154 valence electrons. The van der Waals surface area contributed by atoms with Gasteiger partial charge in [-0.3, -0.25) is 9.59 Å². The number of carbonyl (C=O) groups excluding carboxylic acids is 2. The lowest BCUT2D eigenvalue weighted by Gasteiger charge is -2.32. The number of nitrogens with zero attached hydrogens (tertiary/aromatic N) is 1. The van der Waals surface area contributed by atoms with Crippen LogP contribution in [0.1, 0.15) is 24.0 Å². The van der Waals surface area contributed by atoms with Crippen molar-refractivity contribution in [1.29, 1.82) is 0 Å². The molecule has 1 aliphatic heterocycles. The Hall–Kier alpha value is -3.02. The van der Waals surface area contributed by atoms with Crippen molar-refractivity contribution in [2.45, 2.75) is 32.7 Å². The molecule has 0 radical (unpaired) electrons. The Labute approximate surface area is 171 Å². The smallest absolute Gasteiger partial charge is 0.260 e. The Kier molecular flexibility index (Phi) is 7.11. The van der Waals surface area contributed by atoms with E-state index < -0.39 is 0 Å². The molecule has 2 aromatic rings. The van der Waals surface area contributed by atoms with Crippen molar-refractivity contribution < 1.29 is 19.1 Å². The van der Waals surface area contributed by atoms with E-state index in [2.05, 4.69) is 5.32 Å². The highest BCUT2D eigenvalue weighted by Crippen LogP contribution is 2.17. The van der Waals surface area contributed by atoms with Crippen molar-refractivity contribution in [1.82, 2.24) is 10.2 Å². The van der Waals surface area contributed by atoms with Gasteiger partial charge in [0.05, 0.1) is 0 Å². The number of aryl methyl sites for hydroxylation is 2. The molecule has 0 spiro atoms. The maximum atomic E-state index is 12.4. The summed E-state index contributed by atoms with van der Waals surface area (Å²) < 4.78 is 11.1. The van der Waals surface area contributed by atoms with Crippen molar-refractivity contribution in [2.24, 2.45) is 0 Å². The third-order valence-electron chi connectivity index (χ3n) is 5.17. The maximum Gasteiger partial charge on any atom is 0.260 e. The van der Waals surface area contributed by atoms with Gasteiger partial charge >= 0.3 is 0 Å². The summed E-state index contributed by atoms with van der Waals surface area (Å²) in [4.78, 5) is 26.3. The molecule has 1 N–H and O–H groups in total. The van der Waals surface area contributed by atoms with E-state index in [9.17, 15) is 9.59 Å². The van der Waals surface area contributed by atoms with Gasteiger partial charge in [0.15, 0.2) is 13.2 Å². The minimum absolute atomic E-state index is 0.00698. The fourth-order valence-corrected chi connectivity index (χ4v) is 3.25. The molecule has 6 nitrogen and oxygen atoms in total. The molecule has 0 unspecified atom stereocenters. The topological polar surface area (TPSA) is 67.9 Å². The number of ether oxygens (including phenoxy) is 2. The summed E-state index contributed by atoms with van der Waals surface area (Å²) in [6.45, 7) is 5.31. The SMILES string of the molecule is Cc1ccc(OCC(=O)N2CCC(NC(=O)COc3ccccc3)CC2)cc1C. The van der Waals surface area contributed by atoms with Crippen LogP contribution in [-0.2, 0) is 9.59 Å². The van der Waals surface area contributed by atoms with Gasteiger partial charge < -0.3 is 19.7 Å². The normalized spacial score (nSPS) is 14.3. The van der Waals surface area contributed by atoms with Gasteiger partial charge in [-0.1, -0.05) is 24.3 Å². The minimum atomic E-state index is -0.142. The zero-order valence-electron chi connectivity index (χ0n) is 17.0. The number of piperidine rings is 1. The summed E-state index contributed by atoms with van der Waals surface area (Å²) in [5.41, 5.74) is 2.34. The van der Waals surface area contributed by atoms with Crippen molar-refractivity contribution in [3.63, 3.8) is 0 Å². The molecule has 2 aromatic carbocycles. The predicted molar refractivity (Wildman–Crippen MR) is 111 cm³/mol. The number of hydrogen-bond donors (Lipinski definition) is 1. The molecule has 0 atom stereocenters. The molecule has 29 heavy (non-hydrogen) atoms. The first kappa shape index (κ1) is 20.7. The number of nitrogens with one attached hydrogen (secondary N) is 1. The largest absolute Gasteiger partial charge is 0.484 e. The Morgan fingerprint density at radius 3 is 2.31 bits per heavy atom. The van der Waals surface area contributed by atoms with Gasteiger partial charge in [-0.2, -0.15) is 0 Å². The zero-order chi connectivity index (χ0) is 20.6. The number of likely N-dealkylation sites (tertiary alicyclic amines) is 1. The number of hydrogen-bond acceptors (Lipinski definition) is 4. The van der Waals surface area contributed by atoms with Gasteiger partial charge in [0.25, 0.3) is 11.8 Å². The van der Waals surface area contributed by atoms with E-state index in [0.29, 0.717) is 24.6 Å². The molecule has 1 saturated heterocycles. The lowest BCUT2D eigenvalue weighted by molar-refractivity contribution is -0.134. The van der Waals surface area contributed by atoms with Crippen LogP contribution in [0.4, 0.5) is 0 Å². The summed E-state index contributed by atoms with van der Waals surface area (Å²) in [7, 11) is 0. The van der Waals surface area contributed by atoms with E-state index in [1.807, 2.05) is 62.4 Å². The number of benzene rings is 2. The summed E-state index contributed by atoms with van der Waals surface area (Å²) >= 11 is 0. The summed E-state index contributed by atoms with van der Waals surface area (Å²) in [5.74, 6) is 1.21. The first-order valence-electron chi connectivity index (χ1n) is 9.96. The van der Waals surface area contributed by atoms with E-state index >= 15 is 0 Å². The zero-order valence-corrected chi connectivity index (χ0v) is 17.0. The molecule has 3 rings (SSSR count). The van der Waals surface area contributed by atoms with Crippen LogP contribution in [0.3, 0.4) is 0 Å². The van der Waals surface area contributed by atoms with Crippen LogP contribution >= 0.6 is 0 Å². The molecule has 1 fully saturated rings. The van der Waals surface area contributed by atoms with Gasteiger partial charge in [0, 0.05) is 19.1 Å². The number of carbonyl (C=O) groups is 2. The molecule has 1 aliphatic rings. The lowest BCUT2D eigenvalue weighted by Crippen LogP contribution is -2.48. The molecular weight excluding hydrogens is 368 g/mol. The molecule has 1 heterocycles. The van der Waals surface area contributed by atoms with Crippen molar-refractivity contribution in [2.75, 3.05) is 26.3 Å². The molecule has 6 heteroatoms. The Morgan fingerprint density at radius 2 is 1.62 bits per heavy atom. The summed E-state index contributed by atoms with van der Waals surface area (Å²) in [6, 6.07) is 15.1. The van der Waals surface area contributed by atoms with E-state index in [4.69, 9.17) is 9.47 Å². The Bertz CT molecular complexity index is 830. The van der Waals surface area contributed by atoms with E-state index in [-0.39, 0.29) is 31.1 Å². The van der Waals surface area contributed by atoms with E-state index in [0.717, 1.165) is 18.4 Å². The third-order valence-corrected chi connectivity index (χ3v) is 5.17. The van der Waals surface area contributed by atoms with Gasteiger partial charge in [-0.25, -0.2) is 0 Å². The molecule has 0 aromatic heterocycles. The lowest BCUT2D eigenvalue weighted by atomic mass is 10.1. The minimum Gasteiger partial charge on any atom is -0.484 e. The van der Waals surface area contributed by atoms with Crippen LogP contribution in [0.5, 0.6) is 11.5 Å². The Balaban J connectivity index is 1.36. The van der Waals surface area contributed by atoms with Crippen LogP contribution < -0.4 is 14.8 Å². The van der Waals surface area contributed by atoms with Gasteiger partial charge in [-0.05, 0) is 62.1 Å². The second-order valence-corrected chi connectivity index (χ2v) is 7.36. The average molecular weight is 396 g/mol. The van der Waals surface area contributed by atoms with E-state index in [1.165, 1.54) is 5.56 Å². The fourth-order valence-electron chi connectivity index (χ4n) is 3.25. The molecule has 0 saturated carbocycles. The molecular formula is C23H28N2O4. The predicted octanol–water partition coefficient (Wildman–Crippen LogP) is 2.87. The van der Waals surface area contributed by atoms with Crippen LogP contribution in [0.2, 0.25) is 0 Å². The highest BCUT2D eigenvalue weighted by atomic mass is 16.5. The van der Waals surface area contributed by atoms with Gasteiger partial charge in [0.2, 0.25) is 0 Å². The molecule has 2 amide bonds. The standard InChI is InChI=1S/C23H28N2O4/c1-17-8-9-21(14-18(17)2)29-16-23(27)25-12-10-19(11-13-25)24-22(26)15-28-20-6-4-3-5-7-20/h3-9,14,19H,10-13,15-16H2,1-2H3,(H,24,26). The van der Waals surface area contributed by atoms with Crippen molar-refractivity contribution in [3.8, 4) is 11.5 Å². The first-order valence-corrected chi connectivity index (χ1v) is 9.96. The fraction of sp³-hybridized carbons (Fsp3) is 0.391. The van der Waals surface area contributed by atoms with Crippen LogP contribution in [0.25, 0.3) is 0 Å². The highest BCUT2D eigenvalue weighted by Gasteiger charge is 2.24. The molecule has 0 aliphatic carbocycles. The van der Waals surface area contributed by atoms with Crippen molar-refractivity contribution >= 4 is 11.8 Å². The highest BCUT2D eigenvalue weighted by molar-refractivity contribution is 5.79. The van der Waals surface area contributed by atoms with Crippen LogP contribution in [0, 0.1) is 13.8 Å². The monoisotopic (exact) mass is 396 g/mol. The Morgan fingerprint density at radius 1 is 0.931 bits per heavy atom. The number of amides is 2. The summed E-state index contributed by atoms with van der Waals surface area (Å²) in [6.07, 6.45) is 1.46. The van der Waals surface area contributed by atoms with Crippen LogP contribution in [0.15, 0.2) is 48.5 Å². The maximum absolute atomic E-state index is 12.4. The second kappa shape index (κ2) is 9.96. The van der Waals surface area contributed by atoms with Gasteiger partial charge in [0.1, 0.15) is 11.5 Å². The van der Waals surface area contributed by atoms with Gasteiger partial charge in [-0.15, -0.1) is 0 Å². The number of para-hydroxylation sites is 1. The first-order chi connectivity index (χ1) is 14.0. The summed E-state index contributed by atoms with van der Waals surface area (Å²) in [5, 5.41) is 2.98. The second-order valence-electron chi connectivity index (χ2n) is 7.36.